The monoisotopic (exact) mass is 426 g/mol. The minimum absolute atomic E-state index is 0.0625. The predicted octanol–water partition coefficient (Wildman–Crippen LogP) is 2.99. The Bertz CT molecular complexity index is 1090. The van der Waals surface area contributed by atoms with Crippen LogP contribution in [-0.2, 0) is 9.59 Å². The van der Waals surface area contributed by atoms with Gasteiger partial charge in [-0.3, -0.25) is 9.59 Å². The number of hydrogen-bond acceptors (Lipinski definition) is 5. The van der Waals surface area contributed by atoms with Gasteiger partial charge < -0.3 is 26.4 Å². The lowest BCUT2D eigenvalue weighted by Gasteiger charge is -2.17. The standard InChI is InChI=1S/C22H20F2N4O3/c23-13-1-3-14(4-2-13)27-20(29)22(8-9-22)21(30)28-18-6-5-15(11-17(18)24)31-16-7-10-26-19(25)12-16/h1-7,11-12,26H,8-10,25H2,(H,27,29)(H,28,30). The van der Waals surface area contributed by atoms with E-state index < -0.39 is 28.9 Å². The lowest BCUT2D eigenvalue weighted by atomic mass is 10.0. The molecular weight excluding hydrogens is 406 g/mol. The molecule has 1 aliphatic heterocycles. The number of ether oxygens (including phenoxy) is 1. The first kappa shape index (κ1) is 20.4. The van der Waals surface area contributed by atoms with Crippen molar-refractivity contribution in [2.75, 3.05) is 17.2 Å². The third kappa shape index (κ3) is 4.50. The van der Waals surface area contributed by atoms with E-state index in [0.717, 1.165) is 6.07 Å². The van der Waals surface area contributed by atoms with E-state index >= 15 is 0 Å². The fourth-order valence-corrected chi connectivity index (χ4v) is 3.11. The number of benzene rings is 2. The summed E-state index contributed by atoms with van der Waals surface area (Å²) in [7, 11) is 0. The quantitative estimate of drug-likeness (QED) is 0.532. The molecule has 160 valence electrons. The lowest BCUT2D eigenvalue weighted by molar-refractivity contribution is -0.131. The first-order valence-corrected chi connectivity index (χ1v) is 9.63. The minimum Gasteiger partial charge on any atom is -0.457 e. The van der Waals surface area contributed by atoms with E-state index in [-0.39, 0.29) is 11.4 Å². The van der Waals surface area contributed by atoms with Crippen LogP contribution in [0.1, 0.15) is 12.8 Å². The highest BCUT2D eigenvalue weighted by atomic mass is 19.1. The number of amides is 2. The highest BCUT2D eigenvalue weighted by Crippen LogP contribution is 2.47. The van der Waals surface area contributed by atoms with Gasteiger partial charge in [-0.1, -0.05) is 0 Å². The normalized spacial score (nSPS) is 16.3. The molecule has 31 heavy (non-hydrogen) atoms. The van der Waals surface area contributed by atoms with Crippen LogP contribution < -0.4 is 26.4 Å². The van der Waals surface area contributed by atoms with E-state index in [0.29, 0.717) is 36.7 Å². The predicted molar refractivity (Wildman–Crippen MR) is 111 cm³/mol. The molecule has 2 aromatic rings. The van der Waals surface area contributed by atoms with Crippen molar-refractivity contribution in [3.63, 3.8) is 0 Å². The van der Waals surface area contributed by atoms with Gasteiger partial charge in [0.1, 0.15) is 28.6 Å². The van der Waals surface area contributed by atoms with Gasteiger partial charge in [-0.2, -0.15) is 0 Å². The van der Waals surface area contributed by atoms with Crippen molar-refractivity contribution in [3.05, 3.63) is 77.8 Å². The zero-order valence-electron chi connectivity index (χ0n) is 16.4. The van der Waals surface area contributed by atoms with Crippen LogP contribution in [0.15, 0.2) is 66.2 Å². The molecule has 0 saturated heterocycles. The maximum Gasteiger partial charge on any atom is 0.240 e. The average Bonchev–Trinajstić information content (AvgIpc) is 3.54. The third-order valence-corrected chi connectivity index (χ3v) is 5.05. The number of nitrogens with one attached hydrogen (secondary N) is 3. The van der Waals surface area contributed by atoms with Crippen molar-refractivity contribution in [1.29, 1.82) is 0 Å². The molecule has 0 spiro atoms. The Morgan fingerprint density at radius 1 is 1.03 bits per heavy atom. The highest BCUT2D eigenvalue weighted by molar-refractivity contribution is 6.16. The Balaban J connectivity index is 1.41. The second-order valence-electron chi connectivity index (χ2n) is 7.33. The average molecular weight is 426 g/mol. The number of rotatable bonds is 6. The molecule has 0 unspecified atom stereocenters. The summed E-state index contributed by atoms with van der Waals surface area (Å²) >= 11 is 0. The van der Waals surface area contributed by atoms with Gasteiger partial charge in [-0.05, 0) is 55.3 Å². The topological polar surface area (TPSA) is 105 Å². The highest BCUT2D eigenvalue weighted by Gasteiger charge is 2.56. The van der Waals surface area contributed by atoms with Crippen LogP contribution in [0.2, 0.25) is 0 Å². The van der Waals surface area contributed by atoms with Crippen LogP contribution in [0, 0.1) is 17.0 Å². The summed E-state index contributed by atoms with van der Waals surface area (Å²) in [6.07, 6.45) is 4.00. The second-order valence-corrected chi connectivity index (χ2v) is 7.33. The molecule has 9 heteroatoms. The summed E-state index contributed by atoms with van der Waals surface area (Å²) in [6.45, 7) is 0.496. The van der Waals surface area contributed by atoms with Gasteiger partial charge in [0.2, 0.25) is 11.8 Å². The van der Waals surface area contributed by atoms with E-state index in [1.54, 1.807) is 12.2 Å². The van der Waals surface area contributed by atoms with E-state index in [2.05, 4.69) is 16.0 Å². The molecule has 2 amide bonds. The van der Waals surface area contributed by atoms with Gasteiger partial charge in [-0.25, -0.2) is 8.78 Å². The number of dihydropyridines is 1. The molecule has 2 aromatic carbocycles. The van der Waals surface area contributed by atoms with E-state index in [4.69, 9.17) is 10.5 Å². The molecule has 1 saturated carbocycles. The van der Waals surface area contributed by atoms with Crippen LogP contribution >= 0.6 is 0 Å². The van der Waals surface area contributed by atoms with Gasteiger partial charge in [0.25, 0.3) is 0 Å². The molecule has 1 aliphatic carbocycles. The van der Waals surface area contributed by atoms with Crippen molar-refractivity contribution >= 4 is 23.2 Å². The summed E-state index contributed by atoms with van der Waals surface area (Å²) in [4.78, 5) is 25.3. The Morgan fingerprint density at radius 3 is 2.39 bits per heavy atom. The molecule has 0 radical (unpaired) electrons. The molecule has 7 nitrogen and oxygen atoms in total. The fraction of sp³-hybridized carbons (Fsp3) is 0.182. The Morgan fingerprint density at radius 2 is 1.74 bits per heavy atom. The number of allylic oxidation sites excluding steroid dienone is 1. The number of carbonyl (C=O) groups is 2. The molecule has 0 aromatic heterocycles. The summed E-state index contributed by atoms with van der Waals surface area (Å²) in [6, 6.07) is 9.23. The Hall–Kier alpha value is -3.88. The molecule has 5 N–H and O–H groups in total. The maximum absolute atomic E-state index is 14.5. The minimum atomic E-state index is -1.28. The van der Waals surface area contributed by atoms with Gasteiger partial charge >= 0.3 is 0 Å². The van der Waals surface area contributed by atoms with Crippen LogP contribution in [0.5, 0.6) is 5.75 Å². The number of anilines is 2. The first-order valence-electron chi connectivity index (χ1n) is 9.63. The molecule has 1 fully saturated rings. The third-order valence-electron chi connectivity index (χ3n) is 5.05. The van der Waals surface area contributed by atoms with Gasteiger partial charge in [0, 0.05) is 24.4 Å². The number of halogens is 2. The van der Waals surface area contributed by atoms with Gasteiger partial charge in [0.05, 0.1) is 11.5 Å². The summed E-state index contributed by atoms with van der Waals surface area (Å²) in [5, 5.41) is 7.98. The van der Waals surface area contributed by atoms with Crippen molar-refractivity contribution in [3.8, 4) is 5.75 Å². The van der Waals surface area contributed by atoms with Crippen molar-refractivity contribution < 1.29 is 23.1 Å². The second kappa shape index (κ2) is 8.10. The van der Waals surface area contributed by atoms with E-state index in [1.807, 2.05) is 0 Å². The molecule has 4 rings (SSSR count). The summed E-state index contributed by atoms with van der Waals surface area (Å²) < 4.78 is 33.1. The van der Waals surface area contributed by atoms with Crippen molar-refractivity contribution in [1.82, 2.24) is 5.32 Å². The zero-order valence-corrected chi connectivity index (χ0v) is 16.4. The molecule has 1 heterocycles. The molecule has 2 aliphatic rings. The van der Waals surface area contributed by atoms with Crippen molar-refractivity contribution in [2.45, 2.75) is 12.8 Å². The van der Waals surface area contributed by atoms with Gasteiger partial charge in [0.15, 0.2) is 0 Å². The van der Waals surface area contributed by atoms with E-state index in [9.17, 15) is 18.4 Å². The van der Waals surface area contributed by atoms with E-state index in [1.165, 1.54) is 36.4 Å². The maximum atomic E-state index is 14.5. The zero-order chi connectivity index (χ0) is 22.0. The van der Waals surface area contributed by atoms with Crippen LogP contribution in [-0.4, -0.2) is 18.4 Å². The lowest BCUT2D eigenvalue weighted by Crippen LogP contribution is -2.35. The van der Waals surface area contributed by atoms with Crippen LogP contribution in [0.3, 0.4) is 0 Å². The largest absolute Gasteiger partial charge is 0.457 e. The smallest absolute Gasteiger partial charge is 0.240 e. The Labute approximate surface area is 177 Å². The fourth-order valence-electron chi connectivity index (χ4n) is 3.11. The summed E-state index contributed by atoms with van der Waals surface area (Å²) in [5.74, 6) is -1.10. The number of hydrogen-bond donors (Lipinski definition) is 4. The van der Waals surface area contributed by atoms with Crippen molar-refractivity contribution in [2.24, 2.45) is 11.1 Å². The van der Waals surface area contributed by atoms with Crippen LogP contribution in [0.4, 0.5) is 20.2 Å². The van der Waals surface area contributed by atoms with Crippen LogP contribution in [0.25, 0.3) is 0 Å². The molecule has 0 bridgehead atoms. The molecule has 0 atom stereocenters. The first-order chi connectivity index (χ1) is 14.9. The summed E-state index contributed by atoms with van der Waals surface area (Å²) in [5.41, 5.74) is 4.71. The molecular formula is C22H20F2N4O3. The number of nitrogens with two attached hydrogens (primary N) is 1. The number of carbonyl (C=O) groups excluding carboxylic acids is 2. The SMILES string of the molecule is NC1=CC(Oc2ccc(NC(=O)C3(C(=O)Nc4ccc(F)cc4)CC3)c(F)c2)=CCN1. The van der Waals surface area contributed by atoms with Gasteiger partial charge in [-0.15, -0.1) is 0 Å². The Kier molecular flexibility index (Phi) is 5.33.